The average molecular weight is 412 g/mol. The van der Waals surface area contributed by atoms with Gasteiger partial charge >= 0.3 is 5.97 Å². The second kappa shape index (κ2) is 10.5. The third-order valence-corrected chi connectivity index (χ3v) is 5.66. The molecule has 3 rings (SSSR count). The molecule has 1 saturated heterocycles. The number of ether oxygens (including phenoxy) is 1. The summed E-state index contributed by atoms with van der Waals surface area (Å²) < 4.78 is 6.12. The highest BCUT2D eigenvalue weighted by atomic mass is 35.5. The highest BCUT2D eigenvalue weighted by Gasteiger charge is 2.47. The predicted molar refractivity (Wildman–Crippen MR) is 120 cm³/mol. The minimum Gasteiger partial charge on any atom is -0.454 e. The number of carbonyl (C=O) groups is 1. The van der Waals surface area contributed by atoms with Crippen LogP contribution >= 0.6 is 12.4 Å². The Labute approximate surface area is 180 Å². The number of halogens is 1. The van der Waals surface area contributed by atoms with E-state index in [-0.39, 0.29) is 30.3 Å². The number of hydrogen-bond donors (Lipinski definition) is 0. The summed E-state index contributed by atoms with van der Waals surface area (Å²) in [6.45, 7) is 7.79. The van der Waals surface area contributed by atoms with Crippen molar-refractivity contribution < 1.29 is 9.53 Å². The SMILES string of the molecule is CCC(=O)OC1(c2ccccc2)CC(C)N(CC#Cc2ccccc2)CC1C.Cl. The number of esters is 1. The number of rotatable bonds is 4. The van der Waals surface area contributed by atoms with E-state index in [9.17, 15) is 4.79 Å². The summed E-state index contributed by atoms with van der Waals surface area (Å²) in [4.78, 5) is 14.7. The number of carbonyl (C=O) groups excluding carboxylic acids is 1. The standard InChI is InChI=1S/C25H29NO2.ClH/c1-4-24(27)28-25(23-15-9-6-10-16-23)18-21(3)26(19-20(25)2)17-11-14-22-12-7-5-8-13-22;/h5-10,12-13,15-16,20-21H,4,17-19H2,1-3H3;1H. The van der Waals surface area contributed by atoms with Crippen LogP contribution in [0.25, 0.3) is 0 Å². The fraction of sp³-hybridized carbons (Fsp3) is 0.400. The van der Waals surface area contributed by atoms with Crippen molar-refractivity contribution in [1.82, 2.24) is 4.90 Å². The van der Waals surface area contributed by atoms with E-state index in [1.165, 1.54) is 0 Å². The lowest BCUT2D eigenvalue weighted by Crippen LogP contribution is -2.54. The maximum Gasteiger partial charge on any atom is 0.306 e. The Hall–Kier alpha value is -2.28. The average Bonchev–Trinajstić information content (AvgIpc) is 2.72. The summed E-state index contributed by atoms with van der Waals surface area (Å²) in [7, 11) is 0. The molecule has 3 nitrogen and oxygen atoms in total. The van der Waals surface area contributed by atoms with Gasteiger partial charge in [0.2, 0.25) is 0 Å². The van der Waals surface area contributed by atoms with Gasteiger partial charge in [-0.2, -0.15) is 0 Å². The first-order valence-electron chi connectivity index (χ1n) is 10.1. The molecule has 0 saturated carbocycles. The van der Waals surface area contributed by atoms with Gasteiger partial charge in [-0.15, -0.1) is 12.4 Å². The van der Waals surface area contributed by atoms with Crippen LogP contribution in [0.5, 0.6) is 0 Å². The van der Waals surface area contributed by atoms with Crippen molar-refractivity contribution in [2.45, 2.75) is 45.3 Å². The summed E-state index contributed by atoms with van der Waals surface area (Å²) in [5, 5.41) is 0. The molecule has 3 atom stereocenters. The van der Waals surface area contributed by atoms with Crippen LogP contribution in [0.3, 0.4) is 0 Å². The Morgan fingerprint density at radius 1 is 1.10 bits per heavy atom. The van der Waals surface area contributed by atoms with Crippen LogP contribution in [0.1, 0.15) is 44.7 Å². The summed E-state index contributed by atoms with van der Waals surface area (Å²) in [6, 6.07) is 20.5. The highest BCUT2D eigenvalue weighted by Crippen LogP contribution is 2.43. The third-order valence-electron chi connectivity index (χ3n) is 5.66. The first-order valence-corrected chi connectivity index (χ1v) is 10.1. The van der Waals surface area contributed by atoms with E-state index in [2.05, 4.69) is 42.7 Å². The van der Waals surface area contributed by atoms with Gasteiger partial charge in [-0.25, -0.2) is 0 Å². The van der Waals surface area contributed by atoms with Crippen LogP contribution in [0.15, 0.2) is 60.7 Å². The van der Waals surface area contributed by atoms with Crippen molar-refractivity contribution in [3.05, 3.63) is 71.8 Å². The number of nitrogens with zero attached hydrogens (tertiary/aromatic N) is 1. The molecule has 29 heavy (non-hydrogen) atoms. The molecular formula is C25H30ClNO2. The molecule has 0 spiro atoms. The van der Waals surface area contributed by atoms with Crippen LogP contribution in [-0.2, 0) is 15.1 Å². The van der Waals surface area contributed by atoms with Crippen LogP contribution in [0, 0.1) is 17.8 Å². The largest absolute Gasteiger partial charge is 0.454 e. The molecule has 0 aliphatic carbocycles. The lowest BCUT2D eigenvalue weighted by atomic mass is 9.74. The second-order valence-corrected chi connectivity index (χ2v) is 7.63. The zero-order valence-electron chi connectivity index (χ0n) is 17.4. The Kier molecular flexibility index (Phi) is 8.32. The minimum absolute atomic E-state index is 0. The molecule has 1 aliphatic rings. The maximum atomic E-state index is 12.3. The first-order chi connectivity index (χ1) is 13.5. The lowest BCUT2D eigenvalue weighted by molar-refractivity contribution is -0.178. The summed E-state index contributed by atoms with van der Waals surface area (Å²) in [5.74, 6) is 6.60. The Morgan fingerprint density at radius 3 is 2.34 bits per heavy atom. The van der Waals surface area contributed by atoms with Gasteiger partial charge < -0.3 is 4.74 Å². The zero-order chi connectivity index (χ0) is 20.0. The Bertz CT molecular complexity index is 843. The smallest absolute Gasteiger partial charge is 0.306 e. The fourth-order valence-electron chi connectivity index (χ4n) is 4.03. The number of benzene rings is 2. The molecule has 1 fully saturated rings. The molecule has 154 valence electrons. The molecule has 0 N–H and O–H groups in total. The lowest BCUT2D eigenvalue weighted by Gasteiger charge is -2.49. The molecule has 0 amide bonds. The second-order valence-electron chi connectivity index (χ2n) is 7.63. The zero-order valence-corrected chi connectivity index (χ0v) is 18.2. The summed E-state index contributed by atoms with van der Waals surface area (Å²) in [6.07, 6.45) is 1.17. The van der Waals surface area contributed by atoms with Crippen molar-refractivity contribution >= 4 is 18.4 Å². The van der Waals surface area contributed by atoms with Gasteiger partial charge in [0.25, 0.3) is 0 Å². The molecule has 1 aliphatic heterocycles. The van der Waals surface area contributed by atoms with E-state index < -0.39 is 5.60 Å². The highest BCUT2D eigenvalue weighted by molar-refractivity contribution is 5.85. The molecule has 0 aromatic heterocycles. The van der Waals surface area contributed by atoms with Crippen molar-refractivity contribution in [3.8, 4) is 11.8 Å². The molecule has 2 aromatic rings. The van der Waals surface area contributed by atoms with Crippen molar-refractivity contribution in [3.63, 3.8) is 0 Å². The van der Waals surface area contributed by atoms with E-state index in [0.717, 1.165) is 24.1 Å². The Balaban J connectivity index is 0.00000300. The maximum absolute atomic E-state index is 12.3. The van der Waals surface area contributed by atoms with Gasteiger partial charge in [0.1, 0.15) is 5.60 Å². The minimum atomic E-state index is -0.572. The molecular weight excluding hydrogens is 382 g/mol. The normalized spacial score (nSPS) is 24.0. The quantitative estimate of drug-likeness (QED) is 0.521. The van der Waals surface area contributed by atoms with E-state index in [0.29, 0.717) is 13.0 Å². The van der Waals surface area contributed by atoms with Gasteiger partial charge in [0.15, 0.2) is 0 Å². The first kappa shape index (κ1) is 23.0. The molecule has 0 radical (unpaired) electrons. The predicted octanol–water partition coefficient (Wildman–Crippen LogP) is 5.04. The van der Waals surface area contributed by atoms with Gasteiger partial charge in [-0.05, 0) is 24.6 Å². The van der Waals surface area contributed by atoms with Gasteiger partial charge in [-0.3, -0.25) is 9.69 Å². The molecule has 2 aromatic carbocycles. The monoisotopic (exact) mass is 411 g/mol. The molecule has 3 unspecified atom stereocenters. The molecule has 1 heterocycles. The van der Waals surface area contributed by atoms with Crippen LogP contribution in [0.2, 0.25) is 0 Å². The van der Waals surface area contributed by atoms with Crippen LogP contribution in [-0.4, -0.2) is 30.0 Å². The van der Waals surface area contributed by atoms with Crippen molar-refractivity contribution in [2.75, 3.05) is 13.1 Å². The van der Waals surface area contributed by atoms with Gasteiger partial charge in [0, 0.05) is 36.9 Å². The third kappa shape index (κ3) is 5.41. The number of likely N-dealkylation sites (tertiary alicyclic amines) is 1. The number of piperidine rings is 1. The summed E-state index contributed by atoms with van der Waals surface area (Å²) >= 11 is 0. The topological polar surface area (TPSA) is 29.5 Å². The van der Waals surface area contributed by atoms with E-state index in [1.807, 2.05) is 55.5 Å². The molecule has 0 bridgehead atoms. The van der Waals surface area contributed by atoms with Crippen LogP contribution in [0.4, 0.5) is 0 Å². The summed E-state index contributed by atoms with van der Waals surface area (Å²) in [5.41, 5.74) is 1.55. The van der Waals surface area contributed by atoms with Crippen LogP contribution < -0.4 is 0 Å². The van der Waals surface area contributed by atoms with Crippen molar-refractivity contribution in [1.29, 1.82) is 0 Å². The Morgan fingerprint density at radius 2 is 1.72 bits per heavy atom. The van der Waals surface area contributed by atoms with E-state index in [1.54, 1.807) is 0 Å². The fourth-order valence-corrected chi connectivity index (χ4v) is 4.03. The number of hydrogen-bond acceptors (Lipinski definition) is 3. The molecule has 4 heteroatoms. The van der Waals surface area contributed by atoms with Crippen molar-refractivity contribution in [2.24, 2.45) is 5.92 Å². The van der Waals surface area contributed by atoms with Gasteiger partial charge in [0.05, 0.1) is 6.54 Å². The van der Waals surface area contributed by atoms with Gasteiger partial charge in [-0.1, -0.05) is 74.2 Å². The van der Waals surface area contributed by atoms with E-state index in [4.69, 9.17) is 4.74 Å². The van der Waals surface area contributed by atoms with E-state index >= 15 is 0 Å².